The quantitative estimate of drug-likeness (QED) is 0.755. The second-order valence-electron chi connectivity index (χ2n) is 7.54. The van der Waals surface area contributed by atoms with Crippen LogP contribution in [0.1, 0.15) is 44.1 Å². The van der Waals surface area contributed by atoms with Crippen LogP contribution in [0.15, 0.2) is 24.3 Å². The molecule has 1 saturated heterocycles. The maximum absolute atomic E-state index is 12.0. The predicted octanol–water partition coefficient (Wildman–Crippen LogP) is 4.04. The molecule has 0 spiro atoms. The van der Waals surface area contributed by atoms with E-state index in [1.165, 1.54) is 18.4 Å². The Hall–Kier alpha value is -1.46. The van der Waals surface area contributed by atoms with E-state index in [0.717, 1.165) is 57.5 Å². The lowest BCUT2D eigenvalue weighted by Gasteiger charge is -2.29. The summed E-state index contributed by atoms with van der Waals surface area (Å²) in [5.41, 5.74) is 1.33. The van der Waals surface area contributed by atoms with Gasteiger partial charge in [-0.1, -0.05) is 12.1 Å². The van der Waals surface area contributed by atoms with Gasteiger partial charge in [0.15, 0.2) is 0 Å². The molecule has 152 valence electrons. The number of rotatable bonds is 7. The summed E-state index contributed by atoms with van der Waals surface area (Å²) in [5.74, 6) is 1.44. The summed E-state index contributed by atoms with van der Waals surface area (Å²) in [6.45, 7) is 3.33. The lowest BCUT2D eigenvalue weighted by molar-refractivity contribution is 0.0842. The third kappa shape index (κ3) is 6.89. The number of nitrogens with zero attached hydrogens (tertiary/aromatic N) is 1. The fraction of sp³-hybridized carbons (Fsp3) is 0.667. The van der Waals surface area contributed by atoms with Crippen LogP contribution < -0.4 is 10.1 Å². The summed E-state index contributed by atoms with van der Waals surface area (Å²) in [7, 11) is 1.69. The Morgan fingerprint density at radius 2 is 1.78 bits per heavy atom. The summed E-state index contributed by atoms with van der Waals surface area (Å²) in [6.07, 6.45) is 7.80. The van der Waals surface area contributed by atoms with Crippen LogP contribution in [0.4, 0.5) is 4.79 Å². The fourth-order valence-electron chi connectivity index (χ4n) is 3.93. The molecular weight excluding hydrogens is 364 g/mol. The van der Waals surface area contributed by atoms with Crippen molar-refractivity contribution in [3.05, 3.63) is 29.8 Å². The highest BCUT2D eigenvalue weighted by Crippen LogP contribution is 2.25. The van der Waals surface area contributed by atoms with E-state index in [1.807, 2.05) is 17.0 Å². The largest absolute Gasteiger partial charge is 0.497 e. The third-order valence-corrected chi connectivity index (χ3v) is 5.66. The molecule has 3 rings (SSSR count). The number of benzene rings is 1. The zero-order chi connectivity index (χ0) is 18.2. The van der Waals surface area contributed by atoms with Crippen molar-refractivity contribution in [1.29, 1.82) is 0 Å². The summed E-state index contributed by atoms with van der Waals surface area (Å²) in [4.78, 5) is 13.8. The van der Waals surface area contributed by atoms with Crippen LogP contribution in [-0.4, -0.2) is 50.4 Å². The average molecular weight is 397 g/mol. The first-order valence-corrected chi connectivity index (χ1v) is 10.0. The van der Waals surface area contributed by atoms with Crippen LogP contribution in [0.2, 0.25) is 0 Å². The van der Waals surface area contributed by atoms with Gasteiger partial charge in [-0.25, -0.2) is 4.79 Å². The Kier molecular flexibility index (Phi) is 9.22. The summed E-state index contributed by atoms with van der Waals surface area (Å²) >= 11 is 0. The number of carbonyl (C=O) groups excluding carboxylic acids is 1. The molecule has 1 aromatic rings. The number of likely N-dealkylation sites (tertiary alicyclic amines) is 1. The molecule has 1 aliphatic heterocycles. The van der Waals surface area contributed by atoms with Crippen LogP contribution in [-0.2, 0) is 11.2 Å². The second-order valence-corrected chi connectivity index (χ2v) is 7.54. The van der Waals surface area contributed by atoms with Gasteiger partial charge in [-0.2, -0.15) is 0 Å². The molecule has 1 aliphatic carbocycles. The molecule has 0 atom stereocenters. The van der Waals surface area contributed by atoms with E-state index >= 15 is 0 Å². The smallest absolute Gasteiger partial charge is 0.409 e. The molecule has 0 aromatic heterocycles. The molecule has 1 amide bonds. The number of methoxy groups -OCH3 is 1. The normalized spacial score (nSPS) is 22.2. The monoisotopic (exact) mass is 396 g/mol. The standard InChI is InChI=1S/C21H32N2O3.ClH/c1-25-20-10-6-17(7-11-20)12-13-22-19-8-4-18(5-9-19)16-26-21(24)23-14-2-3-15-23;/h6-7,10-11,18-19,22H,2-5,8-9,12-16H2,1H3;1H. The number of carbonyl (C=O) groups is 1. The Bertz CT molecular complexity index is 553. The molecular formula is C21H33ClN2O3. The van der Waals surface area contributed by atoms with Gasteiger partial charge in [0.2, 0.25) is 0 Å². The van der Waals surface area contributed by atoms with Gasteiger partial charge in [0, 0.05) is 19.1 Å². The van der Waals surface area contributed by atoms with Crippen molar-refractivity contribution in [2.45, 2.75) is 51.0 Å². The molecule has 6 heteroatoms. The fourth-order valence-corrected chi connectivity index (χ4v) is 3.93. The van der Waals surface area contributed by atoms with Crippen LogP contribution in [0.3, 0.4) is 0 Å². The molecule has 1 heterocycles. The highest BCUT2D eigenvalue weighted by Gasteiger charge is 2.24. The van der Waals surface area contributed by atoms with Crippen LogP contribution in [0.25, 0.3) is 0 Å². The van der Waals surface area contributed by atoms with Crippen molar-refractivity contribution in [3.63, 3.8) is 0 Å². The lowest BCUT2D eigenvalue weighted by Crippen LogP contribution is -2.36. The average Bonchev–Trinajstić information content (AvgIpc) is 3.22. The number of amides is 1. The lowest BCUT2D eigenvalue weighted by atomic mass is 9.86. The number of nitrogens with one attached hydrogen (secondary N) is 1. The number of ether oxygens (including phenoxy) is 2. The second kappa shape index (κ2) is 11.4. The molecule has 1 aromatic carbocycles. The topological polar surface area (TPSA) is 50.8 Å². The molecule has 5 nitrogen and oxygen atoms in total. The van der Waals surface area contributed by atoms with E-state index in [-0.39, 0.29) is 18.5 Å². The molecule has 2 fully saturated rings. The minimum Gasteiger partial charge on any atom is -0.497 e. The molecule has 0 bridgehead atoms. The Morgan fingerprint density at radius 1 is 1.11 bits per heavy atom. The maximum atomic E-state index is 12.0. The van der Waals surface area contributed by atoms with Gasteiger partial charge in [-0.05, 0) is 75.1 Å². The highest BCUT2D eigenvalue weighted by atomic mass is 35.5. The molecule has 1 N–H and O–H groups in total. The summed E-state index contributed by atoms with van der Waals surface area (Å²) in [6, 6.07) is 8.89. The van der Waals surface area contributed by atoms with Gasteiger partial charge in [-0.15, -0.1) is 12.4 Å². The molecule has 27 heavy (non-hydrogen) atoms. The molecule has 0 radical (unpaired) electrons. The van der Waals surface area contributed by atoms with E-state index in [1.54, 1.807) is 7.11 Å². The zero-order valence-corrected chi connectivity index (χ0v) is 17.1. The first kappa shape index (κ1) is 21.8. The van der Waals surface area contributed by atoms with Crippen molar-refractivity contribution in [1.82, 2.24) is 10.2 Å². The minimum absolute atomic E-state index is 0. The highest BCUT2D eigenvalue weighted by molar-refractivity contribution is 5.85. The van der Waals surface area contributed by atoms with Gasteiger partial charge in [0.05, 0.1) is 13.7 Å². The molecule has 2 aliphatic rings. The van der Waals surface area contributed by atoms with Crippen molar-refractivity contribution in [2.24, 2.45) is 5.92 Å². The van der Waals surface area contributed by atoms with Gasteiger partial charge in [0.1, 0.15) is 5.75 Å². The Morgan fingerprint density at radius 3 is 2.41 bits per heavy atom. The first-order chi connectivity index (χ1) is 12.7. The molecule has 1 saturated carbocycles. The van der Waals surface area contributed by atoms with Crippen molar-refractivity contribution in [2.75, 3.05) is 33.4 Å². The molecule has 0 unspecified atom stereocenters. The van der Waals surface area contributed by atoms with E-state index in [4.69, 9.17) is 9.47 Å². The Labute approximate surface area is 169 Å². The van der Waals surface area contributed by atoms with Gasteiger partial charge >= 0.3 is 6.09 Å². The number of hydrogen-bond acceptors (Lipinski definition) is 4. The number of halogens is 1. The Balaban J connectivity index is 0.00000261. The predicted molar refractivity (Wildman–Crippen MR) is 110 cm³/mol. The van der Waals surface area contributed by atoms with Crippen molar-refractivity contribution < 1.29 is 14.3 Å². The van der Waals surface area contributed by atoms with Crippen LogP contribution in [0, 0.1) is 5.92 Å². The summed E-state index contributed by atoms with van der Waals surface area (Å²) in [5, 5.41) is 3.68. The van der Waals surface area contributed by atoms with Crippen LogP contribution in [0.5, 0.6) is 5.75 Å². The van der Waals surface area contributed by atoms with Gasteiger partial charge in [-0.3, -0.25) is 0 Å². The van der Waals surface area contributed by atoms with Gasteiger partial charge in [0.25, 0.3) is 0 Å². The zero-order valence-electron chi connectivity index (χ0n) is 16.3. The maximum Gasteiger partial charge on any atom is 0.409 e. The van der Waals surface area contributed by atoms with Gasteiger partial charge < -0.3 is 19.7 Å². The number of hydrogen-bond donors (Lipinski definition) is 1. The first-order valence-electron chi connectivity index (χ1n) is 10.0. The summed E-state index contributed by atoms with van der Waals surface area (Å²) < 4.78 is 10.7. The van der Waals surface area contributed by atoms with E-state index in [0.29, 0.717) is 18.6 Å². The van der Waals surface area contributed by atoms with E-state index in [9.17, 15) is 4.79 Å². The van der Waals surface area contributed by atoms with Crippen LogP contribution >= 0.6 is 12.4 Å². The third-order valence-electron chi connectivity index (χ3n) is 5.66. The SMILES string of the molecule is COc1ccc(CCNC2CCC(COC(=O)N3CCCC3)CC2)cc1.Cl. The van der Waals surface area contributed by atoms with Crippen molar-refractivity contribution in [3.8, 4) is 5.75 Å². The van der Waals surface area contributed by atoms with Crippen molar-refractivity contribution >= 4 is 18.5 Å². The van der Waals surface area contributed by atoms with E-state index < -0.39 is 0 Å². The minimum atomic E-state index is -0.109. The van der Waals surface area contributed by atoms with E-state index in [2.05, 4.69) is 17.4 Å².